The first kappa shape index (κ1) is 19.9. The van der Waals surface area contributed by atoms with Crippen molar-refractivity contribution < 1.29 is 18.7 Å². The number of imidazole rings is 1. The molecule has 2 heterocycles. The van der Waals surface area contributed by atoms with E-state index in [1.165, 1.54) is 19.2 Å². The number of esters is 1. The Morgan fingerprint density at radius 3 is 2.89 bits per heavy atom. The third kappa shape index (κ3) is 4.16. The average molecular weight is 388 g/mol. The summed E-state index contributed by atoms with van der Waals surface area (Å²) < 4.78 is 18.7. The summed E-state index contributed by atoms with van der Waals surface area (Å²) in [6.45, 7) is 4.35. The SMILES string of the molecule is COC(=O)[C@@H](CC(C)C)NC(=O)N1CCc2[nH]cnc2[C@H]1c1cccc(F)c1. The van der Waals surface area contributed by atoms with Gasteiger partial charge in [0.05, 0.1) is 19.1 Å². The minimum Gasteiger partial charge on any atom is -0.467 e. The molecule has 1 aromatic heterocycles. The Kier molecular flexibility index (Phi) is 5.96. The van der Waals surface area contributed by atoms with Gasteiger partial charge in [0.25, 0.3) is 0 Å². The van der Waals surface area contributed by atoms with Crippen LogP contribution in [0.15, 0.2) is 30.6 Å². The van der Waals surface area contributed by atoms with Gasteiger partial charge in [0, 0.05) is 18.7 Å². The summed E-state index contributed by atoms with van der Waals surface area (Å²) in [5.41, 5.74) is 2.23. The highest BCUT2D eigenvalue weighted by molar-refractivity contribution is 5.84. The van der Waals surface area contributed by atoms with Gasteiger partial charge in [0.2, 0.25) is 0 Å². The fourth-order valence-corrected chi connectivity index (χ4v) is 3.57. The zero-order valence-corrected chi connectivity index (χ0v) is 16.2. The number of ether oxygens (including phenoxy) is 1. The first-order valence-corrected chi connectivity index (χ1v) is 9.33. The monoisotopic (exact) mass is 388 g/mol. The molecular formula is C20H25FN4O3. The van der Waals surface area contributed by atoms with Crippen molar-refractivity contribution in [3.63, 3.8) is 0 Å². The van der Waals surface area contributed by atoms with Gasteiger partial charge in [0.1, 0.15) is 17.9 Å². The van der Waals surface area contributed by atoms with Gasteiger partial charge in [-0.05, 0) is 30.0 Å². The standard InChI is InChI=1S/C20H25FN4O3/c1-12(2)9-16(19(26)28-3)24-20(27)25-8-7-15-17(23-11-22-15)18(25)13-5-4-6-14(21)10-13/h4-6,10-12,16,18H,7-9H2,1-3H3,(H,22,23)(H,24,27)/t16-,18-/m1/s1. The lowest BCUT2D eigenvalue weighted by Gasteiger charge is -2.36. The van der Waals surface area contributed by atoms with Gasteiger partial charge in [-0.2, -0.15) is 0 Å². The summed E-state index contributed by atoms with van der Waals surface area (Å²) in [6.07, 6.45) is 2.64. The number of H-pyrrole nitrogens is 1. The van der Waals surface area contributed by atoms with Crippen molar-refractivity contribution in [3.8, 4) is 0 Å². The third-order valence-electron chi connectivity index (χ3n) is 4.84. The fraction of sp³-hybridized carbons (Fsp3) is 0.450. The van der Waals surface area contributed by atoms with Gasteiger partial charge in [-0.1, -0.05) is 26.0 Å². The molecule has 2 amide bonds. The van der Waals surface area contributed by atoms with Crippen LogP contribution in [-0.2, 0) is 16.0 Å². The smallest absolute Gasteiger partial charge is 0.328 e. The second-order valence-corrected chi connectivity index (χ2v) is 7.32. The van der Waals surface area contributed by atoms with Crippen LogP contribution in [-0.4, -0.2) is 46.6 Å². The molecule has 3 rings (SSSR count). The number of urea groups is 1. The zero-order valence-electron chi connectivity index (χ0n) is 16.2. The summed E-state index contributed by atoms with van der Waals surface area (Å²) in [6, 6.07) is 4.45. The lowest BCUT2D eigenvalue weighted by molar-refractivity contribution is -0.143. The summed E-state index contributed by atoms with van der Waals surface area (Å²) in [7, 11) is 1.30. The topological polar surface area (TPSA) is 87.3 Å². The maximum Gasteiger partial charge on any atom is 0.328 e. The van der Waals surface area contributed by atoms with Crippen LogP contribution in [0.2, 0.25) is 0 Å². The zero-order chi connectivity index (χ0) is 20.3. The number of nitrogens with one attached hydrogen (secondary N) is 2. The fourth-order valence-electron chi connectivity index (χ4n) is 3.57. The van der Waals surface area contributed by atoms with Gasteiger partial charge in [-0.15, -0.1) is 0 Å². The number of carbonyl (C=O) groups excluding carboxylic acids is 2. The van der Waals surface area contributed by atoms with Crippen molar-refractivity contribution >= 4 is 12.0 Å². The van der Waals surface area contributed by atoms with Gasteiger partial charge in [-0.3, -0.25) is 0 Å². The van der Waals surface area contributed by atoms with E-state index in [0.29, 0.717) is 30.6 Å². The Morgan fingerprint density at radius 2 is 2.21 bits per heavy atom. The second-order valence-electron chi connectivity index (χ2n) is 7.32. The Balaban J connectivity index is 1.90. The summed E-state index contributed by atoms with van der Waals surface area (Å²) in [5, 5.41) is 2.79. The van der Waals surface area contributed by atoms with Gasteiger partial charge >= 0.3 is 12.0 Å². The molecule has 0 saturated heterocycles. The lowest BCUT2D eigenvalue weighted by atomic mass is 9.96. The Morgan fingerprint density at radius 1 is 1.43 bits per heavy atom. The highest BCUT2D eigenvalue weighted by Gasteiger charge is 2.36. The molecule has 1 aliphatic rings. The summed E-state index contributed by atoms with van der Waals surface area (Å²) >= 11 is 0. The molecule has 0 aliphatic carbocycles. The van der Waals surface area contributed by atoms with Crippen LogP contribution in [0.5, 0.6) is 0 Å². The molecule has 1 aromatic carbocycles. The minimum absolute atomic E-state index is 0.197. The number of halogens is 1. The number of hydrogen-bond acceptors (Lipinski definition) is 4. The molecule has 2 N–H and O–H groups in total. The van der Waals surface area contributed by atoms with Crippen LogP contribution in [0.3, 0.4) is 0 Å². The van der Waals surface area contributed by atoms with E-state index in [2.05, 4.69) is 15.3 Å². The molecule has 0 spiro atoms. The predicted molar refractivity (Wildman–Crippen MR) is 101 cm³/mol. The number of nitrogens with zero attached hydrogens (tertiary/aromatic N) is 2. The molecule has 0 saturated carbocycles. The number of benzene rings is 1. The Labute approximate surface area is 163 Å². The molecular weight excluding hydrogens is 363 g/mol. The maximum atomic E-state index is 13.8. The van der Waals surface area contributed by atoms with Crippen LogP contribution in [0.1, 0.15) is 43.3 Å². The van der Waals surface area contributed by atoms with Crippen molar-refractivity contribution in [1.82, 2.24) is 20.2 Å². The largest absolute Gasteiger partial charge is 0.467 e. The molecule has 8 heteroatoms. The van der Waals surface area contributed by atoms with E-state index in [-0.39, 0.29) is 11.7 Å². The van der Waals surface area contributed by atoms with Gasteiger partial charge < -0.3 is 19.9 Å². The van der Waals surface area contributed by atoms with Crippen LogP contribution in [0.25, 0.3) is 0 Å². The number of aromatic nitrogens is 2. The first-order valence-electron chi connectivity index (χ1n) is 9.33. The normalized spacial score (nSPS) is 17.2. The van der Waals surface area contributed by atoms with E-state index in [1.807, 2.05) is 13.8 Å². The van der Waals surface area contributed by atoms with Crippen molar-refractivity contribution in [2.24, 2.45) is 5.92 Å². The number of methoxy groups -OCH3 is 1. The molecule has 0 unspecified atom stereocenters. The Bertz CT molecular complexity index is 851. The van der Waals surface area contributed by atoms with Crippen molar-refractivity contribution in [3.05, 3.63) is 53.4 Å². The summed E-state index contributed by atoms with van der Waals surface area (Å²) in [5.74, 6) is -0.669. The maximum absolute atomic E-state index is 13.8. The molecule has 2 aromatic rings. The van der Waals surface area contributed by atoms with Gasteiger partial charge in [-0.25, -0.2) is 19.0 Å². The van der Waals surface area contributed by atoms with Crippen LogP contribution >= 0.6 is 0 Å². The van der Waals surface area contributed by atoms with E-state index in [0.717, 1.165) is 5.69 Å². The van der Waals surface area contributed by atoms with Crippen LogP contribution in [0, 0.1) is 11.7 Å². The number of carbonyl (C=O) groups is 2. The molecule has 2 atom stereocenters. The minimum atomic E-state index is -0.744. The number of amides is 2. The average Bonchev–Trinajstić information content (AvgIpc) is 3.14. The highest BCUT2D eigenvalue weighted by Crippen LogP contribution is 2.33. The number of hydrogen-bond donors (Lipinski definition) is 2. The van der Waals surface area contributed by atoms with E-state index in [4.69, 9.17) is 4.74 Å². The van der Waals surface area contributed by atoms with E-state index < -0.39 is 24.1 Å². The van der Waals surface area contributed by atoms with Crippen LogP contribution < -0.4 is 5.32 Å². The summed E-state index contributed by atoms with van der Waals surface area (Å²) in [4.78, 5) is 34.2. The molecule has 1 aliphatic heterocycles. The van der Waals surface area contributed by atoms with Crippen molar-refractivity contribution in [1.29, 1.82) is 0 Å². The molecule has 150 valence electrons. The van der Waals surface area contributed by atoms with E-state index >= 15 is 0 Å². The predicted octanol–water partition coefficient (Wildman–Crippen LogP) is 2.79. The first-order chi connectivity index (χ1) is 13.4. The van der Waals surface area contributed by atoms with Crippen molar-refractivity contribution in [2.45, 2.75) is 38.8 Å². The lowest BCUT2D eigenvalue weighted by Crippen LogP contribution is -2.51. The molecule has 0 bridgehead atoms. The third-order valence-corrected chi connectivity index (χ3v) is 4.84. The second kappa shape index (κ2) is 8.41. The molecule has 28 heavy (non-hydrogen) atoms. The van der Waals surface area contributed by atoms with E-state index in [9.17, 15) is 14.0 Å². The quantitative estimate of drug-likeness (QED) is 0.771. The Hall–Kier alpha value is -2.90. The molecule has 7 nitrogen and oxygen atoms in total. The number of aromatic amines is 1. The van der Waals surface area contributed by atoms with Gasteiger partial charge in [0.15, 0.2) is 0 Å². The molecule has 0 radical (unpaired) electrons. The van der Waals surface area contributed by atoms with E-state index in [1.54, 1.807) is 23.4 Å². The molecule has 0 fully saturated rings. The van der Waals surface area contributed by atoms with Crippen molar-refractivity contribution in [2.75, 3.05) is 13.7 Å². The number of rotatable bonds is 5. The highest BCUT2D eigenvalue weighted by atomic mass is 19.1. The van der Waals surface area contributed by atoms with Crippen LogP contribution in [0.4, 0.5) is 9.18 Å². The number of fused-ring (bicyclic) bond motifs is 1.